The third-order valence-corrected chi connectivity index (χ3v) is 4.06. The van der Waals surface area contributed by atoms with Crippen molar-refractivity contribution in [2.45, 2.75) is 0 Å². The molecule has 0 saturated carbocycles. The van der Waals surface area contributed by atoms with E-state index in [1.807, 2.05) is 24.5 Å². The third kappa shape index (κ3) is 2.40. The fraction of sp³-hybridized carbons (Fsp3) is 0.267. The molecule has 4 heterocycles. The Morgan fingerprint density at radius 1 is 1.09 bits per heavy atom. The average molecular weight is 316 g/mol. The van der Waals surface area contributed by atoms with Crippen molar-refractivity contribution in [2.24, 2.45) is 0 Å². The lowest BCUT2D eigenvalue weighted by Crippen LogP contribution is -2.36. The molecule has 6 nitrogen and oxygen atoms in total. The first kappa shape index (κ1) is 13.5. The minimum atomic E-state index is 0.448. The molecule has 0 radical (unpaired) electrons. The molecule has 7 heteroatoms. The third-order valence-electron chi connectivity index (χ3n) is 3.77. The van der Waals surface area contributed by atoms with E-state index < -0.39 is 0 Å². The topological polar surface area (TPSA) is 55.5 Å². The maximum Gasteiger partial charge on any atom is 0.156 e. The van der Waals surface area contributed by atoms with Crippen LogP contribution in [0.4, 0.5) is 5.82 Å². The van der Waals surface area contributed by atoms with Gasteiger partial charge in [0.25, 0.3) is 0 Å². The molecule has 1 fully saturated rings. The number of morpholine rings is 1. The Labute approximate surface area is 132 Å². The van der Waals surface area contributed by atoms with E-state index in [9.17, 15) is 0 Å². The summed E-state index contributed by atoms with van der Waals surface area (Å²) in [4.78, 5) is 10.7. The standard InChI is InChI=1S/C15H14ClN5O/c16-15-13-7-12(9-21(13)19-10-18-15)11-1-2-17-14(8-11)20-3-5-22-6-4-20/h1-2,7-10H,3-6H2. The van der Waals surface area contributed by atoms with Crippen LogP contribution >= 0.6 is 11.6 Å². The number of fused-ring (bicyclic) bond motifs is 1. The molecule has 1 aliphatic heterocycles. The van der Waals surface area contributed by atoms with Crippen LogP contribution in [0, 0.1) is 0 Å². The molecule has 0 aliphatic carbocycles. The number of halogens is 1. The Kier molecular flexibility index (Phi) is 3.40. The van der Waals surface area contributed by atoms with Crippen molar-refractivity contribution in [3.05, 3.63) is 42.1 Å². The Bertz CT molecular complexity index is 813. The van der Waals surface area contributed by atoms with Crippen LogP contribution in [0.5, 0.6) is 0 Å². The minimum Gasteiger partial charge on any atom is -0.378 e. The summed E-state index contributed by atoms with van der Waals surface area (Å²) in [6, 6.07) is 6.06. The number of nitrogens with zero attached hydrogens (tertiary/aromatic N) is 5. The molecule has 0 unspecified atom stereocenters. The summed E-state index contributed by atoms with van der Waals surface area (Å²) in [7, 11) is 0. The van der Waals surface area contributed by atoms with Gasteiger partial charge in [-0.2, -0.15) is 5.10 Å². The quantitative estimate of drug-likeness (QED) is 0.726. The van der Waals surface area contributed by atoms with Gasteiger partial charge in [-0.15, -0.1) is 0 Å². The number of ether oxygens (including phenoxy) is 1. The number of rotatable bonds is 2. The van der Waals surface area contributed by atoms with Crippen LogP contribution in [0.3, 0.4) is 0 Å². The van der Waals surface area contributed by atoms with Crippen molar-refractivity contribution in [3.8, 4) is 11.1 Å². The number of pyridine rings is 1. The molecule has 0 amide bonds. The largest absolute Gasteiger partial charge is 0.378 e. The lowest BCUT2D eigenvalue weighted by Gasteiger charge is -2.27. The molecule has 0 atom stereocenters. The summed E-state index contributed by atoms with van der Waals surface area (Å²) < 4.78 is 7.12. The lowest BCUT2D eigenvalue weighted by molar-refractivity contribution is 0.122. The van der Waals surface area contributed by atoms with Crippen LogP contribution in [-0.2, 0) is 4.74 Å². The zero-order valence-corrected chi connectivity index (χ0v) is 12.6. The van der Waals surface area contributed by atoms with Crippen molar-refractivity contribution in [3.63, 3.8) is 0 Å². The summed E-state index contributed by atoms with van der Waals surface area (Å²) in [6.45, 7) is 3.22. The SMILES string of the molecule is Clc1ncnn2cc(-c3ccnc(N4CCOCC4)c3)cc12. The minimum absolute atomic E-state index is 0.448. The highest BCUT2D eigenvalue weighted by atomic mass is 35.5. The molecule has 0 aromatic carbocycles. The summed E-state index contributed by atoms with van der Waals surface area (Å²) in [5.41, 5.74) is 2.92. The molecule has 4 rings (SSSR count). The number of hydrogen-bond acceptors (Lipinski definition) is 5. The molecular weight excluding hydrogens is 302 g/mol. The molecule has 112 valence electrons. The smallest absolute Gasteiger partial charge is 0.156 e. The Balaban J connectivity index is 1.73. The highest BCUT2D eigenvalue weighted by Gasteiger charge is 2.14. The van der Waals surface area contributed by atoms with Crippen molar-refractivity contribution < 1.29 is 4.74 Å². The lowest BCUT2D eigenvalue weighted by atomic mass is 10.1. The zero-order chi connectivity index (χ0) is 14.9. The van der Waals surface area contributed by atoms with E-state index in [0.29, 0.717) is 5.15 Å². The zero-order valence-electron chi connectivity index (χ0n) is 11.8. The predicted molar refractivity (Wildman–Crippen MR) is 84.3 cm³/mol. The van der Waals surface area contributed by atoms with E-state index in [4.69, 9.17) is 16.3 Å². The first-order chi connectivity index (χ1) is 10.8. The van der Waals surface area contributed by atoms with Crippen LogP contribution in [0.15, 0.2) is 36.9 Å². The van der Waals surface area contributed by atoms with E-state index in [2.05, 4.69) is 26.0 Å². The molecule has 3 aromatic rings. The summed E-state index contributed by atoms with van der Waals surface area (Å²) in [6.07, 6.45) is 5.22. The van der Waals surface area contributed by atoms with Crippen LogP contribution < -0.4 is 4.90 Å². The van der Waals surface area contributed by atoms with Gasteiger partial charge in [-0.1, -0.05) is 11.6 Å². The van der Waals surface area contributed by atoms with E-state index in [0.717, 1.165) is 48.8 Å². The van der Waals surface area contributed by atoms with Crippen molar-refractivity contribution in [1.82, 2.24) is 19.6 Å². The van der Waals surface area contributed by atoms with Crippen molar-refractivity contribution >= 4 is 22.9 Å². The first-order valence-corrected chi connectivity index (χ1v) is 7.47. The first-order valence-electron chi connectivity index (χ1n) is 7.09. The molecule has 1 saturated heterocycles. The van der Waals surface area contributed by atoms with Crippen molar-refractivity contribution in [1.29, 1.82) is 0 Å². The fourth-order valence-electron chi connectivity index (χ4n) is 2.62. The summed E-state index contributed by atoms with van der Waals surface area (Å²) in [5.74, 6) is 0.966. The molecule has 0 bridgehead atoms. The summed E-state index contributed by atoms with van der Waals surface area (Å²) in [5, 5.41) is 4.63. The van der Waals surface area contributed by atoms with Crippen LogP contribution in [-0.4, -0.2) is 45.9 Å². The normalized spacial score (nSPS) is 15.4. The Morgan fingerprint density at radius 2 is 1.95 bits per heavy atom. The molecule has 0 spiro atoms. The van der Waals surface area contributed by atoms with Gasteiger partial charge < -0.3 is 9.64 Å². The Morgan fingerprint density at radius 3 is 2.77 bits per heavy atom. The average Bonchev–Trinajstić information content (AvgIpc) is 3.02. The van der Waals surface area contributed by atoms with E-state index >= 15 is 0 Å². The predicted octanol–water partition coefficient (Wildman–Crippen LogP) is 2.28. The second kappa shape index (κ2) is 5.55. The van der Waals surface area contributed by atoms with Gasteiger partial charge in [0.15, 0.2) is 5.15 Å². The van der Waals surface area contributed by atoms with Crippen LogP contribution in [0.1, 0.15) is 0 Å². The van der Waals surface area contributed by atoms with Gasteiger partial charge in [0.2, 0.25) is 0 Å². The molecular formula is C15H14ClN5O. The van der Waals surface area contributed by atoms with E-state index in [1.54, 1.807) is 4.52 Å². The van der Waals surface area contributed by atoms with Crippen LogP contribution in [0.2, 0.25) is 5.15 Å². The van der Waals surface area contributed by atoms with Gasteiger partial charge >= 0.3 is 0 Å². The van der Waals surface area contributed by atoms with E-state index in [-0.39, 0.29) is 0 Å². The Hall–Kier alpha value is -2.18. The molecule has 3 aromatic heterocycles. The van der Waals surface area contributed by atoms with E-state index in [1.165, 1.54) is 6.33 Å². The fourth-order valence-corrected chi connectivity index (χ4v) is 2.81. The maximum atomic E-state index is 6.10. The number of aromatic nitrogens is 4. The molecule has 1 aliphatic rings. The maximum absolute atomic E-state index is 6.10. The highest BCUT2D eigenvalue weighted by Crippen LogP contribution is 2.27. The van der Waals surface area contributed by atoms with Gasteiger partial charge in [-0.25, -0.2) is 14.5 Å². The second-order valence-corrected chi connectivity index (χ2v) is 5.47. The monoisotopic (exact) mass is 315 g/mol. The molecule has 22 heavy (non-hydrogen) atoms. The second-order valence-electron chi connectivity index (χ2n) is 5.11. The van der Waals surface area contributed by atoms with Gasteiger partial charge in [0.1, 0.15) is 17.7 Å². The van der Waals surface area contributed by atoms with Gasteiger partial charge in [0.05, 0.1) is 13.2 Å². The number of hydrogen-bond donors (Lipinski definition) is 0. The van der Waals surface area contributed by atoms with Gasteiger partial charge in [0, 0.05) is 31.0 Å². The highest BCUT2D eigenvalue weighted by molar-refractivity contribution is 6.32. The molecule has 0 N–H and O–H groups in total. The number of anilines is 1. The van der Waals surface area contributed by atoms with Crippen LogP contribution in [0.25, 0.3) is 16.6 Å². The van der Waals surface area contributed by atoms with Gasteiger partial charge in [-0.05, 0) is 23.8 Å². The summed E-state index contributed by atoms with van der Waals surface area (Å²) >= 11 is 6.10. The van der Waals surface area contributed by atoms with Gasteiger partial charge in [-0.3, -0.25) is 0 Å². The van der Waals surface area contributed by atoms with Crippen molar-refractivity contribution in [2.75, 3.05) is 31.2 Å².